The number of hydrogen-bond donors (Lipinski definition) is 0. The Morgan fingerprint density at radius 1 is 1.37 bits per heavy atom. The molecule has 1 amide bonds. The van der Waals surface area contributed by atoms with Gasteiger partial charge in [0.15, 0.2) is 0 Å². The van der Waals surface area contributed by atoms with Crippen molar-refractivity contribution in [1.82, 2.24) is 4.90 Å². The molecule has 0 fully saturated rings. The number of amides is 1. The molecule has 0 bridgehead atoms. The Bertz CT molecular complexity index is 920. The maximum atomic E-state index is 13.0. The van der Waals surface area contributed by atoms with Gasteiger partial charge in [-0.15, -0.1) is 11.3 Å². The molecule has 0 atom stereocenters. The molecule has 0 radical (unpaired) electrons. The molecule has 1 aromatic heterocycles. The Kier molecular flexibility index (Phi) is 5.29. The van der Waals surface area contributed by atoms with E-state index in [1.807, 2.05) is 20.8 Å². The van der Waals surface area contributed by atoms with Crippen molar-refractivity contribution >= 4 is 28.6 Å². The molecule has 5 nitrogen and oxygen atoms in total. The highest BCUT2D eigenvalue weighted by Gasteiger charge is 2.29. The second-order valence-corrected chi connectivity index (χ2v) is 8.34. The summed E-state index contributed by atoms with van der Waals surface area (Å²) < 4.78 is 18.4. The predicted octanol–water partition coefficient (Wildman–Crippen LogP) is 4.80. The molecule has 0 spiro atoms. The Hall–Kier alpha value is -2.72. The number of nitriles is 1. The van der Waals surface area contributed by atoms with Gasteiger partial charge >= 0.3 is 6.09 Å². The number of aliphatic imine (C=N–C) groups is 1. The number of halogens is 1. The molecule has 0 unspecified atom stereocenters. The zero-order valence-electron chi connectivity index (χ0n) is 15.5. The van der Waals surface area contributed by atoms with Gasteiger partial charge in [-0.1, -0.05) is 12.1 Å². The van der Waals surface area contributed by atoms with E-state index in [2.05, 4.69) is 11.1 Å². The minimum atomic E-state index is -0.546. The van der Waals surface area contributed by atoms with E-state index in [4.69, 9.17) is 4.74 Å². The van der Waals surface area contributed by atoms with E-state index < -0.39 is 5.60 Å². The van der Waals surface area contributed by atoms with Crippen LogP contribution in [0.1, 0.15) is 42.3 Å². The molecule has 3 rings (SSSR count). The number of rotatable bonds is 2. The molecule has 2 aromatic rings. The van der Waals surface area contributed by atoms with Gasteiger partial charge in [0.1, 0.15) is 22.5 Å². The predicted molar refractivity (Wildman–Crippen MR) is 103 cm³/mol. The molecular weight excluding hydrogens is 365 g/mol. The first kappa shape index (κ1) is 19.1. The van der Waals surface area contributed by atoms with E-state index in [1.165, 1.54) is 23.5 Å². The molecule has 1 aromatic carbocycles. The van der Waals surface area contributed by atoms with Crippen LogP contribution in [0, 0.1) is 17.1 Å². The standard InChI is InChI=1S/C20H20FN3O2S/c1-20(2,3)26-19(25)24-9-8-15-16(10-22)18(27-17(15)12-24)23-11-13-4-6-14(21)7-5-13/h4-7,11H,8-9,12H2,1-3H3. The molecular formula is C20H20FN3O2S. The van der Waals surface area contributed by atoms with Crippen LogP contribution >= 0.6 is 11.3 Å². The summed E-state index contributed by atoms with van der Waals surface area (Å²) in [5.74, 6) is -0.307. The number of benzene rings is 1. The monoisotopic (exact) mass is 385 g/mol. The number of hydrogen-bond acceptors (Lipinski definition) is 5. The Morgan fingerprint density at radius 3 is 2.70 bits per heavy atom. The van der Waals surface area contributed by atoms with Gasteiger partial charge in [0.2, 0.25) is 0 Å². The van der Waals surface area contributed by atoms with Crippen LogP contribution in [0.5, 0.6) is 0 Å². The van der Waals surface area contributed by atoms with E-state index in [9.17, 15) is 14.4 Å². The number of nitrogens with zero attached hydrogens (tertiary/aromatic N) is 3. The zero-order chi connectivity index (χ0) is 19.6. The summed E-state index contributed by atoms with van der Waals surface area (Å²) in [6, 6.07) is 8.22. The molecule has 2 heterocycles. The van der Waals surface area contributed by atoms with Crippen molar-refractivity contribution in [2.24, 2.45) is 4.99 Å². The van der Waals surface area contributed by atoms with Gasteiger partial charge in [0.05, 0.1) is 12.1 Å². The summed E-state index contributed by atoms with van der Waals surface area (Å²) in [7, 11) is 0. The van der Waals surface area contributed by atoms with Crippen LogP contribution in [-0.4, -0.2) is 29.4 Å². The Balaban J connectivity index is 1.81. The van der Waals surface area contributed by atoms with Crippen LogP contribution in [0.4, 0.5) is 14.2 Å². The maximum Gasteiger partial charge on any atom is 0.410 e. The Labute approximate surface area is 161 Å². The fraction of sp³-hybridized carbons (Fsp3) is 0.350. The van der Waals surface area contributed by atoms with Gasteiger partial charge in [-0.2, -0.15) is 5.26 Å². The van der Waals surface area contributed by atoms with Crippen molar-refractivity contribution in [2.45, 2.75) is 39.3 Å². The van der Waals surface area contributed by atoms with Crippen molar-refractivity contribution in [3.63, 3.8) is 0 Å². The SMILES string of the molecule is CC(C)(C)OC(=O)N1CCc2c(sc(N=Cc3ccc(F)cc3)c2C#N)C1. The van der Waals surface area contributed by atoms with E-state index in [0.717, 1.165) is 16.0 Å². The molecule has 0 aliphatic carbocycles. The van der Waals surface area contributed by atoms with E-state index in [1.54, 1.807) is 23.2 Å². The molecule has 140 valence electrons. The van der Waals surface area contributed by atoms with Crippen molar-refractivity contribution in [3.05, 3.63) is 51.7 Å². The van der Waals surface area contributed by atoms with E-state index in [-0.39, 0.29) is 11.9 Å². The minimum Gasteiger partial charge on any atom is -0.444 e. The number of carbonyl (C=O) groups is 1. The van der Waals surface area contributed by atoms with Gasteiger partial charge in [-0.3, -0.25) is 0 Å². The summed E-state index contributed by atoms with van der Waals surface area (Å²) in [6.07, 6.45) is 1.86. The van der Waals surface area contributed by atoms with Gasteiger partial charge in [0, 0.05) is 17.6 Å². The van der Waals surface area contributed by atoms with Crippen molar-refractivity contribution < 1.29 is 13.9 Å². The number of thiophene rings is 1. The number of carbonyl (C=O) groups excluding carboxylic acids is 1. The summed E-state index contributed by atoms with van der Waals surface area (Å²) >= 11 is 1.40. The van der Waals surface area contributed by atoms with Crippen LogP contribution in [0.25, 0.3) is 0 Å². The second kappa shape index (κ2) is 7.49. The van der Waals surface area contributed by atoms with Crippen LogP contribution in [0.15, 0.2) is 29.3 Å². The lowest BCUT2D eigenvalue weighted by Gasteiger charge is -2.29. The minimum absolute atomic E-state index is 0.307. The molecule has 1 aliphatic heterocycles. The second-order valence-electron chi connectivity index (χ2n) is 7.26. The smallest absolute Gasteiger partial charge is 0.410 e. The van der Waals surface area contributed by atoms with Crippen LogP contribution in [-0.2, 0) is 17.7 Å². The lowest BCUT2D eigenvalue weighted by molar-refractivity contribution is 0.0226. The van der Waals surface area contributed by atoms with Crippen molar-refractivity contribution in [3.8, 4) is 6.07 Å². The first-order valence-corrected chi connectivity index (χ1v) is 9.40. The molecule has 27 heavy (non-hydrogen) atoms. The summed E-state index contributed by atoms with van der Waals surface area (Å²) in [6.45, 7) is 6.43. The largest absolute Gasteiger partial charge is 0.444 e. The highest BCUT2D eigenvalue weighted by Crippen LogP contribution is 2.38. The van der Waals surface area contributed by atoms with Gasteiger partial charge < -0.3 is 9.64 Å². The average molecular weight is 385 g/mol. The van der Waals surface area contributed by atoms with Crippen molar-refractivity contribution in [2.75, 3.05) is 6.54 Å². The normalized spacial score (nSPS) is 14.1. The first-order chi connectivity index (χ1) is 12.8. The van der Waals surface area contributed by atoms with Crippen LogP contribution in [0.3, 0.4) is 0 Å². The lowest BCUT2D eigenvalue weighted by Crippen LogP contribution is -2.39. The van der Waals surface area contributed by atoms with Gasteiger partial charge in [-0.05, 0) is 50.5 Å². The molecule has 0 saturated carbocycles. The third-order valence-corrected chi connectivity index (χ3v) is 5.13. The molecule has 0 saturated heterocycles. The average Bonchev–Trinajstić information content (AvgIpc) is 2.96. The third-order valence-electron chi connectivity index (χ3n) is 4.00. The molecule has 1 aliphatic rings. The first-order valence-electron chi connectivity index (χ1n) is 8.59. The van der Waals surface area contributed by atoms with Gasteiger partial charge in [0.25, 0.3) is 0 Å². The van der Waals surface area contributed by atoms with E-state index in [0.29, 0.717) is 30.1 Å². The number of ether oxygens (including phenoxy) is 1. The quantitative estimate of drug-likeness (QED) is 0.697. The summed E-state index contributed by atoms with van der Waals surface area (Å²) in [4.78, 5) is 19.3. The van der Waals surface area contributed by atoms with Crippen molar-refractivity contribution in [1.29, 1.82) is 5.26 Å². The molecule has 0 N–H and O–H groups in total. The highest BCUT2D eigenvalue weighted by molar-refractivity contribution is 7.16. The van der Waals surface area contributed by atoms with Gasteiger partial charge in [-0.25, -0.2) is 14.2 Å². The number of fused-ring (bicyclic) bond motifs is 1. The Morgan fingerprint density at radius 2 is 2.07 bits per heavy atom. The fourth-order valence-corrected chi connectivity index (χ4v) is 3.92. The molecule has 7 heteroatoms. The summed E-state index contributed by atoms with van der Waals surface area (Å²) in [5.41, 5.74) is 1.71. The van der Waals surface area contributed by atoms with Crippen LogP contribution in [0.2, 0.25) is 0 Å². The summed E-state index contributed by atoms with van der Waals surface area (Å²) in [5, 5.41) is 10.2. The topological polar surface area (TPSA) is 65.7 Å². The van der Waals surface area contributed by atoms with Crippen LogP contribution < -0.4 is 0 Å². The van der Waals surface area contributed by atoms with E-state index >= 15 is 0 Å². The third kappa shape index (κ3) is 4.52. The zero-order valence-corrected chi connectivity index (χ0v) is 16.3. The lowest BCUT2D eigenvalue weighted by atomic mass is 10.0. The highest BCUT2D eigenvalue weighted by atomic mass is 32.1. The maximum absolute atomic E-state index is 13.0. The fourth-order valence-electron chi connectivity index (χ4n) is 2.76.